The largest absolute Gasteiger partial charge is 0.340 e. The molecule has 0 fully saturated rings. The molecule has 2 aromatic carbocycles. The van der Waals surface area contributed by atoms with Gasteiger partial charge in [0.15, 0.2) is 5.78 Å². The minimum atomic E-state index is -0.886. The molecule has 0 radical (unpaired) electrons. The Morgan fingerprint density at radius 3 is 2.21 bits per heavy atom. The van der Waals surface area contributed by atoms with Crippen molar-refractivity contribution in [3.63, 3.8) is 0 Å². The van der Waals surface area contributed by atoms with Gasteiger partial charge in [0.25, 0.3) is 5.91 Å². The van der Waals surface area contributed by atoms with E-state index in [-0.39, 0.29) is 11.5 Å². The fourth-order valence-electron chi connectivity index (χ4n) is 2.48. The summed E-state index contributed by atoms with van der Waals surface area (Å²) in [4.78, 5) is 31.9. The number of para-hydroxylation sites is 1. The second-order valence-electron chi connectivity index (χ2n) is 5.99. The smallest absolute Gasteiger partial charge is 0.274 e. The number of anilines is 3. The molecule has 8 heteroatoms. The van der Waals surface area contributed by atoms with E-state index in [0.717, 1.165) is 12.1 Å². The number of hydrogen-bond acceptors (Lipinski definition) is 5. The predicted molar refractivity (Wildman–Crippen MR) is 101 cm³/mol. The van der Waals surface area contributed by atoms with E-state index in [1.165, 1.54) is 19.1 Å². The predicted octanol–water partition coefficient (Wildman–Crippen LogP) is 4.26. The first-order valence-electron chi connectivity index (χ1n) is 8.32. The lowest BCUT2D eigenvalue weighted by atomic mass is 10.1. The zero-order valence-corrected chi connectivity index (χ0v) is 15.1. The number of halogens is 2. The van der Waals surface area contributed by atoms with Gasteiger partial charge < -0.3 is 10.6 Å². The molecule has 1 aromatic heterocycles. The Bertz CT molecular complexity index is 1030. The highest BCUT2D eigenvalue weighted by molar-refractivity contribution is 6.03. The SMILES string of the molecule is CC(=O)c1ccc(Nc2cc(C(=O)Nc3c(F)cccc3F)nc(C)n2)cc1. The minimum Gasteiger partial charge on any atom is -0.340 e. The fourth-order valence-corrected chi connectivity index (χ4v) is 2.48. The number of aryl methyl sites for hydroxylation is 1. The number of aromatic nitrogens is 2. The van der Waals surface area contributed by atoms with Crippen LogP contribution in [-0.4, -0.2) is 21.7 Å². The van der Waals surface area contributed by atoms with Crippen molar-refractivity contribution in [2.24, 2.45) is 0 Å². The van der Waals surface area contributed by atoms with E-state index in [4.69, 9.17) is 0 Å². The molecule has 0 aliphatic carbocycles. The van der Waals surface area contributed by atoms with Crippen LogP contribution in [0.15, 0.2) is 48.5 Å². The first-order valence-corrected chi connectivity index (χ1v) is 8.32. The summed E-state index contributed by atoms with van der Waals surface area (Å²) in [5, 5.41) is 5.19. The third-order valence-corrected chi connectivity index (χ3v) is 3.84. The number of rotatable bonds is 5. The number of benzene rings is 2. The fraction of sp³-hybridized carbons (Fsp3) is 0.100. The van der Waals surface area contributed by atoms with Crippen molar-refractivity contribution in [1.29, 1.82) is 0 Å². The summed E-state index contributed by atoms with van der Waals surface area (Å²) < 4.78 is 27.5. The summed E-state index contributed by atoms with van der Waals surface area (Å²) in [5.74, 6) is -1.98. The van der Waals surface area contributed by atoms with E-state index in [1.807, 2.05) is 0 Å². The molecule has 0 bridgehead atoms. The molecule has 142 valence electrons. The maximum Gasteiger partial charge on any atom is 0.274 e. The molecule has 3 rings (SSSR count). The Hall–Kier alpha value is -3.68. The van der Waals surface area contributed by atoms with Gasteiger partial charge in [-0.2, -0.15) is 0 Å². The van der Waals surface area contributed by atoms with Crippen LogP contribution in [0.4, 0.5) is 26.0 Å². The summed E-state index contributed by atoms with van der Waals surface area (Å²) in [7, 11) is 0. The lowest BCUT2D eigenvalue weighted by molar-refractivity contribution is 0.101. The second-order valence-corrected chi connectivity index (χ2v) is 5.99. The van der Waals surface area contributed by atoms with Crippen LogP contribution < -0.4 is 10.6 Å². The van der Waals surface area contributed by atoms with Crippen molar-refractivity contribution in [3.8, 4) is 0 Å². The minimum absolute atomic E-state index is 0.0521. The van der Waals surface area contributed by atoms with E-state index in [0.29, 0.717) is 22.9 Å². The topological polar surface area (TPSA) is 84.0 Å². The molecule has 0 saturated heterocycles. The average Bonchev–Trinajstić information content (AvgIpc) is 2.64. The number of nitrogens with zero attached hydrogens (tertiary/aromatic N) is 2. The Morgan fingerprint density at radius 2 is 1.61 bits per heavy atom. The highest BCUT2D eigenvalue weighted by atomic mass is 19.1. The summed E-state index contributed by atoms with van der Waals surface area (Å²) >= 11 is 0. The van der Waals surface area contributed by atoms with Crippen LogP contribution in [0.3, 0.4) is 0 Å². The first kappa shape index (κ1) is 19.1. The summed E-state index contributed by atoms with van der Waals surface area (Å²) in [6.07, 6.45) is 0. The van der Waals surface area contributed by atoms with Gasteiger partial charge in [-0.25, -0.2) is 18.7 Å². The molecule has 0 saturated carbocycles. The van der Waals surface area contributed by atoms with Gasteiger partial charge in [-0.3, -0.25) is 9.59 Å². The molecule has 6 nitrogen and oxygen atoms in total. The average molecular weight is 382 g/mol. The van der Waals surface area contributed by atoms with Crippen LogP contribution >= 0.6 is 0 Å². The van der Waals surface area contributed by atoms with Gasteiger partial charge >= 0.3 is 0 Å². The molecule has 0 atom stereocenters. The van der Waals surface area contributed by atoms with Gasteiger partial charge in [0, 0.05) is 17.3 Å². The number of carbonyl (C=O) groups excluding carboxylic acids is 2. The number of nitrogens with one attached hydrogen (secondary N) is 2. The van der Waals surface area contributed by atoms with E-state index in [9.17, 15) is 18.4 Å². The van der Waals surface area contributed by atoms with Crippen molar-refractivity contribution in [3.05, 3.63) is 77.2 Å². The second kappa shape index (κ2) is 7.91. The van der Waals surface area contributed by atoms with Gasteiger partial charge in [-0.05, 0) is 50.2 Å². The van der Waals surface area contributed by atoms with Crippen molar-refractivity contribution in [2.75, 3.05) is 10.6 Å². The lowest BCUT2D eigenvalue weighted by Gasteiger charge is -2.10. The van der Waals surface area contributed by atoms with Crippen molar-refractivity contribution in [2.45, 2.75) is 13.8 Å². The molecule has 1 amide bonds. The zero-order valence-electron chi connectivity index (χ0n) is 15.1. The molecular formula is C20H16F2N4O2. The Balaban J connectivity index is 1.82. The number of ketones is 1. The lowest BCUT2D eigenvalue weighted by Crippen LogP contribution is -2.17. The molecule has 0 unspecified atom stereocenters. The standard InChI is InChI=1S/C20H16F2N4O2/c1-11(27)13-6-8-14(9-7-13)25-18-10-17(23-12(2)24-18)20(28)26-19-15(21)4-3-5-16(19)22/h3-10H,1-2H3,(H,26,28)(H,23,24,25). The molecular weight excluding hydrogens is 366 g/mol. The van der Waals surface area contributed by atoms with Crippen LogP contribution in [0.5, 0.6) is 0 Å². The quantitative estimate of drug-likeness (QED) is 0.644. The number of amides is 1. The van der Waals surface area contributed by atoms with E-state index >= 15 is 0 Å². The van der Waals surface area contributed by atoms with E-state index in [1.54, 1.807) is 31.2 Å². The van der Waals surface area contributed by atoms with Crippen LogP contribution in [0.1, 0.15) is 33.6 Å². The molecule has 0 spiro atoms. The van der Waals surface area contributed by atoms with Crippen LogP contribution in [0, 0.1) is 18.6 Å². The van der Waals surface area contributed by atoms with Crippen molar-refractivity contribution < 1.29 is 18.4 Å². The number of hydrogen-bond donors (Lipinski definition) is 2. The molecule has 0 aliphatic rings. The Labute approximate surface area is 159 Å². The van der Waals surface area contributed by atoms with Gasteiger partial charge in [0.1, 0.15) is 34.7 Å². The highest BCUT2D eigenvalue weighted by Crippen LogP contribution is 2.20. The maximum atomic E-state index is 13.7. The number of carbonyl (C=O) groups is 2. The molecule has 0 aliphatic heterocycles. The van der Waals surface area contributed by atoms with Crippen molar-refractivity contribution in [1.82, 2.24) is 9.97 Å². The highest BCUT2D eigenvalue weighted by Gasteiger charge is 2.16. The van der Waals surface area contributed by atoms with Gasteiger partial charge in [0.05, 0.1) is 0 Å². The molecule has 28 heavy (non-hydrogen) atoms. The van der Waals surface area contributed by atoms with E-state index < -0.39 is 23.2 Å². The summed E-state index contributed by atoms with van der Waals surface area (Å²) in [5.41, 5.74) is 0.613. The van der Waals surface area contributed by atoms with Gasteiger partial charge in [-0.15, -0.1) is 0 Å². The Kier molecular flexibility index (Phi) is 5.39. The van der Waals surface area contributed by atoms with E-state index in [2.05, 4.69) is 20.6 Å². The monoisotopic (exact) mass is 382 g/mol. The van der Waals surface area contributed by atoms with Crippen LogP contribution in [0.25, 0.3) is 0 Å². The molecule has 3 aromatic rings. The Morgan fingerprint density at radius 1 is 0.964 bits per heavy atom. The van der Waals surface area contributed by atoms with Crippen LogP contribution in [-0.2, 0) is 0 Å². The van der Waals surface area contributed by atoms with Gasteiger partial charge in [0.2, 0.25) is 0 Å². The molecule has 2 N–H and O–H groups in total. The summed E-state index contributed by atoms with van der Waals surface area (Å²) in [6.45, 7) is 3.06. The van der Waals surface area contributed by atoms with Crippen LogP contribution in [0.2, 0.25) is 0 Å². The summed E-state index contributed by atoms with van der Waals surface area (Å²) in [6, 6.07) is 11.4. The number of Topliss-reactive ketones (excluding diaryl/α,β-unsaturated/α-hetero) is 1. The maximum absolute atomic E-state index is 13.7. The normalized spacial score (nSPS) is 10.4. The van der Waals surface area contributed by atoms with Gasteiger partial charge in [-0.1, -0.05) is 6.07 Å². The zero-order chi connectivity index (χ0) is 20.3. The third kappa shape index (κ3) is 4.35. The first-order chi connectivity index (χ1) is 13.3. The molecule has 1 heterocycles. The third-order valence-electron chi connectivity index (χ3n) is 3.84. The van der Waals surface area contributed by atoms with Crippen molar-refractivity contribution >= 4 is 28.9 Å².